The van der Waals surface area contributed by atoms with E-state index in [0.29, 0.717) is 17.4 Å². The topological polar surface area (TPSA) is 49.3 Å². The van der Waals surface area contributed by atoms with Crippen molar-refractivity contribution >= 4 is 21.9 Å². The normalized spacial score (nSPS) is 12.7. The van der Waals surface area contributed by atoms with Gasteiger partial charge in [-0.1, -0.05) is 29.8 Å². The van der Waals surface area contributed by atoms with Gasteiger partial charge in [0.1, 0.15) is 11.9 Å². The predicted octanol–water partition coefficient (Wildman–Crippen LogP) is 3.18. The van der Waals surface area contributed by atoms with E-state index < -0.39 is 12.0 Å². The largest absolute Gasteiger partial charge is 0.480 e. The Bertz CT molecular complexity index is 403. The minimum Gasteiger partial charge on any atom is -0.480 e. The summed E-state index contributed by atoms with van der Waals surface area (Å²) in [5.41, 5.74) is 0.719. The van der Waals surface area contributed by atoms with Gasteiger partial charge in [0, 0.05) is 11.0 Å². The molecule has 0 heterocycles. The Morgan fingerprint density at radius 1 is 1.44 bits per heavy atom. The number of nitrogens with one attached hydrogen (secondary N) is 1. The molecule has 0 saturated heterocycles. The first-order valence-electron chi connectivity index (χ1n) is 5.79. The number of benzene rings is 1. The number of carboxylic acids is 1. The maximum absolute atomic E-state index is 13.1. The van der Waals surface area contributed by atoms with E-state index in [2.05, 4.69) is 21.2 Å². The van der Waals surface area contributed by atoms with Gasteiger partial charge in [0.05, 0.1) is 0 Å². The number of carboxylic acid groups (broad SMARTS) is 1. The SMILES string of the molecule is CC(C)C[C@H](NCc1cc(F)cc(Br)c1)C(=O)O. The minimum atomic E-state index is -0.876. The molecule has 0 aromatic heterocycles. The van der Waals surface area contributed by atoms with E-state index in [1.165, 1.54) is 12.1 Å². The zero-order valence-corrected chi connectivity index (χ0v) is 12.0. The van der Waals surface area contributed by atoms with Gasteiger partial charge in [-0.15, -0.1) is 0 Å². The number of halogens is 2. The van der Waals surface area contributed by atoms with Gasteiger partial charge in [0.15, 0.2) is 0 Å². The summed E-state index contributed by atoms with van der Waals surface area (Å²) in [6, 6.07) is 3.93. The Morgan fingerprint density at radius 3 is 2.61 bits per heavy atom. The van der Waals surface area contributed by atoms with Gasteiger partial charge < -0.3 is 10.4 Å². The molecule has 1 aromatic rings. The lowest BCUT2D eigenvalue weighted by atomic mass is 10.0. The molecule has 1 aromatic carbocycles. The van der Waals surface area contributed by atoms with Crippen LogP contribution in [-0.4, -0.2) is 17.1 Å². The molecule has 3 nitrogen and oxygen atoms in total. The summed E-state index contributed by atoms with van der Waals surface area (Å²) in [4.78, 5) is 11.0. The van der Waals surface area contributed by atoms with Gasteiger partial charge in [0.25, 0.3) is 0 Å². The third-order valence-corrected chi connectivity index (χ3v) is 2.94. The third-order valence-electron chi connectivity index (χ3n) is 2.48. The first-order valence-corrected chi connectivity index (χ1v) is 6.59. The van der Waals surface area contributed by atoms with Crippen LogP contribution < -0.4 is 5.32 Å². The van der Waals surface area contributed by atoms with Crippen LogP contribution in [0.4, 0.5) is 4.39 Å². The molecule has 0 saturated carbocycles. The van der Waals surface area contributed by atoms with Crippen LogP contribution >= 0.6 is 15.9 Å². The van der Waals surface area contributed by atoms with E-state index in [4.69, 9.17) is 5.11 Å². The average Bonchev–Trinajstić information content (AvgIpc) is 2.21. The van der Waals surface area contributed by atoms with Crippen LogP contribution in [-0.2, 0) is 11.3 Å². The highest BCUT2D eigenvalue weighted by Gasteiger charge is 2.18. The van der Waals surface area contributed by atoms with Crippen LogP contribution in [0.1, 0.15) is 25.8 Å². The summed E-state index contributed by atoms with van der Waals surface area (Å²) in [6.07, 6.45) is 0.547. The summed E-state index contributed by atoms with van der Waals surface area (Å²) < 4.78 is 13.8. The van der Waals surface area contributed by atoms with Crippen LogP contribution in [0.15, 0.2) is 22.7 Å². The second kappa shape index (κ2) is 6.85. The van der Waals surface area contributed by atoms with Gasteiger partial charge in [-0.2, -0.15) is 0 Å². The fourth-order valence-corrected chi connectivity index (χ4v) is 2.21. The minimum absolute atomic E-state index is 0.290. The number of aliphatic carboxylic acids is 1. The van der Waals surface area contributed by atoms with E-state index in [9.17, 15) is 9.18 Å². The Morgan fingerprint density at radius 2 is 2.11 bits per heavy atom. The van der Waals surface area contributed by atoms with Crippen molar-refractivity contribution < 1.29 is 14.3 Å². The van der Waals surface area contributed by atoms with E-state index in [-0.39, 0.29) is 11.7 Å². The molecule has 100 valence electrons. The van der Waals surface area contributed by atoms with E-state index in [1.807, 2.05) is 13.8 Å². The first-order chi connectivity index (χ1) is 8.38. The maximum atomic E-state index is 13.1. The fraction of sp³-hybridized carbons (Fsp3) is 0.462. The summed E-state index contributed by atoms with van der Waals surface area (Å²) in [5, 5.41) is 12.0. The van der Waals surface area contributed by atoms with Crippen LogP contribution in [0.3, 0.4) is 0 Å². The van der Waals surface area contributed by atoms with Crippen molar-refractivity contribution in [3.05, 3.63) is 34.1 Å². The number of hydrogen-bond acceptors (Lipinski definition) is 2. The monoisotopic (exact) mass is 317 g/mol. The molecule has 5 heteroatoms. The van der Waals surface area contributed by atoms with Gasteiger partial charge in [-0.05, 0) is 36.1 Å². The van der Waals surface area contributed by atoms with E-state index in [1.54, 1.807) is 6.07 Å². The molecule has 0 radical (unpaired) electrons. The van der Waals surface area contributed by atoms with Gasteiger partial charge in [-0.3, -0.25) is 4.79 Å². The molecule has 0 aliphatic rings. The highest BCUT2D eigenvalue weighted by atomic mass is 79.9. The molecule has 0 bridgehead atoms. The molecule has 18 heavy (non-hydrogen) atoms. The molecular formula is C13H17BrFNO2. The second-order valence-electron chi connectivity index (χ2n) is 4.68. The predicted molar refractivity (Wildman–Crippen MR) is 71.8 cm³/mol. The van der Waals surface area contributed by atoms with Crippen molar-refractivity contribution in [3.63, 3.8) is 0 Å². The molecule has 0 unspecified atom stereocenters. The number of hydrogen-bond donors (Lipinski definition) is 2. The third kappa shape index (κ3) is 5.14. The van der Waals surface area contributed by atoms with Crippen LogP contribution in [0, 0.1) is 11.7 Å². The first kappa shape index (κ1) is 15.1. The van der Waals surface area contributed by atoms with E-state index >= 15 is 0 Å². The Hall–Kier alpha value is -0.940. The van der Waals surface area contributed by atoms with E-state index in [0.717, 1.165) is 5.56 Å². The van der Waals surface area contributed by atoms with Crippen LogP contribution in [0.5, 0.6) is 0 Å². The van der Waals surface area contributed by atoms with Gasteiger partial charge in [0.2, 0.25) is 0 Å². The van der Waals surface area contributed by atoms with Crippen molar-refractivity contribution in [3.8, 4) is 0 Å². The summed E-state index contributed by atoms with van der Waals surface area (Å²) >= 11 is 3.21. The van der Waals surface area contributed by atoms with Crippen molar-refractivity contribution in [2.45, 2.75) is 32.9 Å². The Kier molecular flexibility index (Phi) is 5.75. The molecular weight excluding hydrogens is 301 g/mol. The van der Waals surface area contributed by atoms with Crippen LogP contribution in [0.2, 0.25) is 0 Å². The van der Waals surface area contributed by atoms with Crippen molar-refractivity contribution in [1.82, 2.24) is 5.32 Å². The van der Waals surface area contributed by atoms with Crippen molar-refractivity contribution in [2.75, 3.05) is 0 Å². The molecule has 1 atom stereocenters. The lowest BCUT2D eigenvalue weighted by molar-refractivity contribution is -0.140. The molecule has 0 spiro atoms. The zero-order valence-electron chi connectivity index (χ0n) is 10.4. The molecule has 0 aliphatic heterocycles. The standard InChI is InChI=1S/C13H17BrFNO2/c1-8(2)3-12(13(17)18)16-7-9-4-10(14)6-11(15)5-9/h4-6,8,12,16H,3,7H2,1-2H3,(H,17,18)/t12-/m0/s1. The molecule has 2 N–H and O–H groups in total. The lowest BCUT2D eigenvalue weighted by Gasteiger charge is -2.16. The molecule has 0 fully saturated rings. The van der Waals surface area contributed by atoms with Crippen LogP contribution in [0.25, 0.3) is 0 Å². The van der Waals surface area contributed by atoms with Crippen molar-refractivity contribution in [2.24, 2.45) is 5.92 Å². The summed E-state index contributed by atoms with van der Waals surface area (Å²) in [6.45, 7) is 4.27. The lowest BCUT2D eigenvalue weighted by Crippen LogP contribution is -2.37. The summed E-state index contributed by atoms with van der Waals surface area (Å²) in [7, 11) is 0. The fourth-order valence-electron chi connectivity index (χ4n) is 1.70. The molecule has 1 rings (SSSR count). The highest BCUT2D eigenvalue weighted by Crippen LogP contribution is 2.15. The molecule has 0 aliphatic carbocycles. The highest BCUT2D eigenvalue weighted by molar-refractivity contribution is 9.10. The maximum Gasteiger partial charge on any atom is 0.320 e. The van der Waals surface area contributed by atoms with Gasteiger partial charge >= 0.3 is 5.97 Å². The second-order valence-corrected chi connectivity index (χ2v) is 5.59. The Balaban J connectivity index is 2.63. The summed E-state index contributed by atoms with van der Waals surface area (Å²) in [5.74, 6) is -0.922. The zero-order chi connectivity index (χ0) is 13.7. The smallest absolute Gasteiger partial charge is 0.320 e. The average molecular weight is 318 g/mol. The number of carbonyl (C=O) groups is 1. The van der Waals surface area contributed by atoms with Crippen molar-refractivity contribution in [1.29, 1.82) is 0 Å². The number of rotatable bonds is 6. The molecule has 0 amide bonds. The van der Waals surface area contributed by atoms with Gasteiger partial charge in [-0.25, -0.2) is 4.39 Å². The Labute approximate surface area is 115 Å². The quantitative estimate of drug-likeness (QED) is 0.847.